The minimum Gasteiger partial charge on any atom is -0.462 e. The lowest BCUT2D eigenvalue weighted by Gasteiger charge is -2.18. The van der Waals surface area contributed by atoms with E-state index in [2.05, 4.69) is 60.9 Å². The van der Waals surface area contributed by atoms with E-state index < -0.39 is 32.5 Å². The van der Waals surface area contributed by atoms with Crippen LogP contribution < -0.4 is 0 Å². The second-order valence-corrected chi connectivity index (χ2v) is 18.0. The number of phosphoric ester groups is 1. The lowest BCUT2D eigenvalue weighted by molar-refractivity contribution is -0.161. The molecule has 60 heavy (non-hydrogen) atoms. The van der Waals surface area contributed by atoms with Crippen LogP contribution in [0.5, 0.6) is 0 Å². The van der Waals surface area contributed by atoms with Crippen LogP contribution in [-0.4, -0.2) is 41.0 Å². The summed E-state index contributed by atoms with van der Waals surface area (Å²) in [5.74, 6) is -0.941. The van der Waals surface area contributed by atoms with E-state index in [9.17, 15) is 14.2 Å². The van der Waals surface area contributed by atoms with Crippen LogP contribution in [-0.2, 0) is 28.2 Å². The van der Waals surface area contributed by atoms with Crippen molar-refractivity contribution in [3.8, 4) is 0 Å². The summed E-state index contributed by atoms with van der Waals surface area (Å²) < 4.78 is 26.5. The van der Waals surface area contributed by atoms with Crippen molar-refractivity contribution >= 4 is 19.8 Å². The predicted molar refractivity (Wildman–Crippen MR) is 253 cm³/mol. The molecule has 0 fully saturated rings. The molecule has 0 saturated heterocycles. The summed E-state index contributed by atoms with van der Waals surface area (Å²) in [7, 11) is -4.77. The molecule has 1 atom stereocenters. The zero-order valence-corrected chi connectivity index (χ0v) is 39.8. The molecule has 0 rings (SSSR count). The molecule has 0 aromatic heterocycles. The first-order chi connectivity index (χ1) is 29.3. The van der Waals surface area contributed by atoms with Gasteiger partial charge >= 0.3 is 19.8 Å². The maximum Gasteiger partial charge on any atom is 0.469 e. The number of allylic oxidation sites excluding steroid dienone is 8. The number of hydrogen-bond acceptors (Lipinski definition) is 6. The molecule has 0 aromatic rings. The average molecular weight is 865 g/mol. The smallest absolute Gasteiger partial charge is 0.462 e. The van der Waals surface area contributed by atoms with E-state index >= 15 is 0 Å². The standard InChI is InChI=1S/C51H93O8P/c1-3-5-7-9-11-13-15-17-19-21-23-25-27-29-31-33-35-37-39-41-43-45-50(52)57-47-49(48-58-60(54,55)56)59-51(53)46-44-42-40-38-36-34-32-30-28-26-24-22-20-18-16-14-12-10-8-6-4-2/h19,21,25,27,31,33,37,39,49H,3-18,20,22-24,26,28-30,32,34-36,38,40-48H2,1-2H3,(H2,54,55,56)/b21-19+,27-25+,33-31+,39-37+/t49-/m1/s1. The monoisotopic (exact) mass is 865 g/mol. The number of ether oxygens (including phenoxy) is 2. The molecule has 0 saturated carbocycles. The summed E-state index contributed by atoms with van der Waals surface area (Å²) in [6, 6.07) is 0. The number of hydrogen-bond donors (Lipinski definition) is 2. The zero-order valence-electron chi connectivity index (χ0n) is 38.9. The average Bonchev–Trinajstić information content (AvgIpc) is 3.22. The van der Waals surface area contributed by atoms with Crippen LogP contribution in [0.2, 0.25) is 0 Å². The summed E-state index contributed by atoms with van der Waals surface area (Å²) in [5.41, 5.74) is 0. The Kier molecular flexibility index (Phi) is 45.0. The molecule has 0 aliphatic rings. The fraction of sp³-hybridized carbons (Fsp3) is 0.804. The van der Waals surface area contributed by atoms with Gasteiger partial charge in [0, 0.05) is 12.8 Å². The molecule has 2 N–H and O–H groups in total. The van der Waals surface area contributed by atoms with Gasteiger partial charge in [0.1, 0.15) is 6.61 Å². The number of phosphoric acid groups is 1. The minimum atomic E-state index is -4.77. The number of unbranched alkanes of at least 4 members (excludes halogenated alkanes) is 28. The number of carbonyl (C=O) groups is 2. The van der Waals surface area contributed by atoms with Gasteiger partial charge in [-0.05, 0) is 51.4 Å². The van der Waals surface area contributed by atoms with Gasteiger partial charge in [-0.2, -0.15) is 0 Å². The lowest BCUT2D eigenvalue weighted by atomic mass is 10.0. The third-order valence-electron chi connectivity index (χ3n) is 10.9. The van der Waals surface area contributed by atoms with Crippen molar-refractivity contribution in [1.29, 1.82) is 0 Å². The summed E-state index contributed by atoms with van der Waals surface area (Å²) in [6.45, 7) is 3.67. The van der Waals surface area contributed by atoms with Crippen molar-refractivity contribution in [2.45, 2.75) is 251 Å². The summed E-state index contributed by atoms with van der Waals surface area (Å²) >= 11 is 0. The van der Waals surface area contributed by atoms with E-state index in [-0.39, 0.29) is 19.4 Å². The SMILES string of the molecule is CCCCCCCCC/C=C/C/C=C/C/C=C/C/C=C/CCCC(=O)OC[C@H](COP(=O)(O)O)OC(=O)CCCCCCCCCCCCCCCCCCCCCCC. The van der Waals surface area contributed by atoms with Gasteiger partial charge in [0.15, 0.2) is 6.10 Å². The number of esters is 2. The molecular formula is C51H93O8P. The second-order valence-electron chi connectivity index (χ2n) is 16.8. The molecule has 9 heteroatoms. The Morgan fingerprint density at radius 3 is 1.17 bits per heavy atom. The highest BCUT2D eigenvalue weighted by Crippen LogP contribution is 2.36. The van der Waals surface area contributed by atoms with Gasteiger partial charge < -0.3 is 19.3 Å². The molecule has 0 aliphatic carbocycles. The van der Waals surface area contributed by atoms with Gasteiger partial charge in [0.25, 0.3) is 0 Å². The minimum absolute atomic E-state index is 0.192. The normalized spacial score (nSPS) is 12.8. The van der Waals surface area contributed by atoms with Crippen molar-refractivity contribution in [3.05, 3.63) is 48.6 Å². The van der Waals surface area contributed by atoms with Crippen molar-refractivity contribution in [2.75, 3.05) is 13.2 Å². The van der Waals surface area contributed by atoms with E-state index in [1.165, 1.54) is 161 Å². The van der Waals surface area contributed by atoms with Crippen LogP contribution in [0.4, 0.5) is 0 Å². The highest BCUT2D eigenvalue weighted by molar-refractivity contribution is 7.46. The second kappa shape index (κ2) is 46.5. The first-order valence-electron chi connectivity index (χ1n) is 24.9. The first-order valence-corrected chi connectivity index (χ1v) is 26.5. The maximum absolute atomic E-state index is 12.5. The molecule has 0 amide bonds. The molecule has 0 spiro atoms. The molecule has 0 bridgehead atoms. The van der Waals surface area contributed by atoms with Crippen LogP contribution in [0.15, 0.2) is 48.6 Å². The fourth-order valence-electron chi connectivity index (χ4n) is 7.13. The van der Waals surface area contributed by atoms with E-state index in [0.717, 1.165) is 44.9 Å². The largest absolute Gasteiger partial charge is 0.469 e. The van der Waals surface area contributed by atoms with Crippen molar-refractivity contribution in [2.24, 2.45) is 0 Å². The topological polar surface area (TPSA) is 119 Å². The fourth-order valence-corrected chi connectivity index (χ4v) is 7.49. The Morgan fingerprint density at radius 2 is 0.767 bits per heavy atom. The Bertz CT molecular complexity index is 1110. The summed E-state index contributed by atoms with van der Waals surface area (Å²) in [5, 5.41) is 0. The maximum atomic E-state index is 12.5. The van der Waals surface area contributed by atoms with Gasteiger partial charge in [0.2, 0.25) is 0 Å². The van der Waals surface area contributed by atoms with Crippen molar-refractivity contribution in [3.63, 3.8) is 0 Å². The molecule has 8 nitrogen and oxygen atoms in total. The predicted octanol–water partition coefficient (Wildman–Crippen LogP) is 15.9. The van der Waals surface area contributed by atoms with Crippen LogP contribution >= 0.6 is 7.82 Å². The van der Waals surface area contributed by atoms with Crippen molar-refractivity contribution < 1.29 is 37.9 Å². The van der Waals surface area contributed by atoms with Crippen LogP contribution in [0.3, 0.4) is 0 Å². The van der Waals surface area contributed by atoms with Crippen LogP contribution in [0, 0.1) is 0 Å². The van der Waals surface area contributed by atoms with E-state index in [1.54, 1.807) is 0 Å². The Morgan fingerprint density at radius 1 is 0.433 bits per heavy atom. The van der Waals surface area contributed by atoms with Crippen LogP contribution in [0.1, 0.15) is 245 Å². The number of carbonyl (C=O) groups excluding carboxylic acids is 2. The Hall–Kier alpha value is -1.99. The highest BCUT2D eigenvalue weighted by atomic mass is 31.2. The van der Waals surface area contributed by atoms with Crippen molar-refractivity contribution in [1.82, 2.24) is 0 Å². The van der Waals surface area contributed by atoms with Gasteiger partial charge in [-0.3, -0.25) is 14.1 Å². The lowest BCUT2D eigenvalue weighted by Crippen LogP contribution is -2.29. The number of rotatable bonds is 46. The highest BCUT2D eigenvalue weighted by Gasteiger charge is 2.22. The van der Waals surface area contributed by atoms with Crippen LogP contribution in [0.25, 0.3) is 0 Å². The Labute approximate surface area is 369 Å². The third-order valence-corrected chi connectivity index (χ3v) is 11.3. The zero-order chi connectivity index (χ0) is 43.9. The molecular weight excluding hydrogens is 772 g/mol. The van der Waals surface area contributed by atoms with E-state index in [4.69, 9.17) is 19.3 Å². The van der Waals surface area contributed by atoms with Gasteiger partial charge in [0.05, 0.1) is 6.61 Å². The first kappa shape index (κ1) is 58.0. The molecule has 0 unspecified atom stereocenters. The molecule has 0 radical (unpaired) electrons. The Balaban J connectivity index is 3.91. The summed E-state index contributed by atoms with van der Waals surface area (Å²) in [6.07, 6.45) is 58.5. The van der Waals surface area contributed by atoms with Gasteiger partial charge in [-0.25, -0.2) is 4.57 Å². The molecule has 350 valence electrons. The third kappa shape index (κ3) is 48.7. The molecule has 0 aliphatic heterocycles. The van der Waals surface area contributed by atoms with Gasteiger partial charge in [-0.15, -0.1) is 0 Å². The molecule has 0 aromatic carbocycles. The quantitative estimate of drug-likeness (QED) is 0.0269. The van der Waals surface area contributed by atoms with Gasteiger partial charge in [-0.1, -0.05) is 229 Å². The van der Waals surface area contributed by atoms with E-state index in [1.807, 2.05) is 6.08 Å². The summed E-state index contributed by atoms with van der Waals surface area (Å²) in [4.78, 5) is 43.0. The van der Waals surface area contributed by atoms with E-state index in [0.29, 0.717) is 12.8 Å². The molecule has 0 heterocycles.